The molecule has 17 heavy (non-hydrogen) atoms. The second kappa shape index (κ2) is 5.92. The number of benzene rings is 1. The minimum atomic E-state index is 0.0988. The molecule has 1 N–H and O–H groups in total. The highest BCUT2D eigenvalue weighted by molar-refractivity contribution is 5.40. The van der Waals surface area contributed by atoms with Gasteiger partial charge in [0.15, 0.2) is 11.5 Å². The smallest absolute Gasteiger partial charge is 0.161 e. The van der Waals surface area contributed by atoms with E-state index in [2.05, 4.69) is 19.2 Å². The fourth-order valence-electron chi connectivity index (χ4n) is 1.92. The van der Waals surface area contributed by atoms with Crippen LogP contribution in [0.5, 0.6) is 11.5 Å². The molecule has 2 rings (SSSR count). The molecule has 0 amide bonds. The van der Waals surface area contributed by atoms with E-state index in [1.54, 1.807) is 0 Å². The Bertz CT molecular complexity index is 354. The van der Waals surface area contributed by atoms with Crippen LogP contribution in [0.15, 0.2) is 24.3 Å². The van der Waals surface area contributed by atoms with Gasteiger partial charge in [0.05, 0.1) is 0 Å². The normalized spacial score (nSPS) is 20.0. The number of nitrogens with one attached hydrogen (secondary N) is 1. The Morgan fingerprint density at radius 1 is 1.35 bits per heavy atom. The van der Waals surface area contributed by atoms with Crippen molar-refractivity contribution >= 4 is 0 Å². The van der Waals surface area contributed by atoms with Gasteiger partial charge < -0.3 is 14.8 Å². The number of hydrogen-bond acceptors (Lipinski definition) is 3. The second-order valence-corrected chi connectivity index (χ2v) is 4.51. The van der Waals surface area contributed by atoms with Gasteiger partial charge in [-0.2, -0.15) is 0 Å². The fourth-order valence-corrected chi connectivity index (χ4v) is 1.92. The van der Waals surface area contributed by atoms with E-state index in [0.717, 1.165) is 18.0 Å². The van der Waals surface area contributed by atoms with Crippen LogP contribution in [-0.2, 0) is 0 Å². The Hall–Kier alpha value is -1.22. The van der Waals surface area contributed by atoms with Crippen molar-refractivity contribution in [3.63, 3.8) is 0 Å². The van der Waals surface area contributed by atoms with E-state index < -0.39 is 0 Å². The molecule has 3 nitrogen and oxygen atoms in total. The minimum absolute atomic E-state index is 0.0988. The summed E-state index contributed by atoms with van der Waals surface area (Å²) in [5, 5.41) is 3.48. The summed E-state index contributed by atoms with van der Waals surface area (Å²) in [5.41, 5.74) is 0. The van der Waals surface area contributed by atoms with Gasteiger partial charge in [-0.3, -0.25) is 0 Å². The van der Waals surface area contributed by atoms with Crippen LogP contribution >= 0.6 is 0 Å². The first-order chi connectivity index (χ1) is 8.31. The number of unbranched alkanes of at least 4 members (excludes halogenated alkanes) is 1. The first-order valence-electron chi connectivity index (χ1n) is 6.43. The van der Waals surface area contributed by atoms with Gasteiger partial charge in [0.2, 0.25) is 0 Å². The zero-order chi connectivity index (χ0) is 12.1. The van der Waals surface area contributed by atoms with Crippen LogP contribution in [-0.4, -0.2) is 25.3 Å². The van der Waals surface area contributed by atoms with Crippen LogP contribution in [0.2, 0.25) is 0 Å². The van der Waals surface area contributed by atoms with Gasteiger partial charge in [-0.1, -0.05) is 25.5 Å². The van der Waals surface area contributed by atoms with Crippen LogP contribution in [0, 0.1) is 0 Å². The number of para-hydroxylation sites is 2. The summed E-state index contributed by atoms with van der Waals surface area (Å²) >= 11 is 0. The largest absolute Gasteiger partial charge is 0.486 e. The molecule has 0 aliphatic carbocycles. The monoisotopic (exact) mass is 235 g/mol. The quantitative estimate of drug-likeness (QED) is 0.796. The molecule has 0 saturated carbocycles. The predicted octanol–water partition coefficient (Wildman–Crippen LogP) is 2.60. The third-order valence-electron chi connectivity index (χ3n) is 3.08. The Labute approximate surface area is 103 Å². The number of hydrogen-bond donors (Lipinski definition) is 1. The van der Waals surface area contributed by atoms with Gasteiger partial charge >= 0.3 is 0 Å². The Morgan fingerprint density at radius 3 is 2.88 bits per heavy atom. The predicted molar refractivity (Wildman–Crippen MR) is 68.7 cm³/mol. The van der Waals surface area contributed by atoms with Crippen molar-refractivity contribution in [2.75, 3.05) is 13.2 Å². The fraction of sp³-hybridized carbons (Fsp3) is 0.571. The molecule has 1 aromatic carbocycles. The highest BCUT2D eigenvalue weighted by atomic mass is 16.6. The third kappa shape index (κ3) is 3.13. The molecule has 0 radical (unpaired) electrons. The number of rotatable bonds is 5. The van der Waals surface area contributed by atoms with Crippen molar-refractivity contribution in [3.05, 3.63) is 24.3 Å². The van der Waals surface area contributed by atoms with E-state index in [9.17, 15) is 0 Å². The lowest BCUT2D eigenvalue weighted by atomic mass is 10.1. The van der Waals surface area contributed by atoms with Gasteiger partial charge in [-0.05, 0) is 32.0 Å². The lowest BCUT2D eigenvalue weighted by Gasteiger charge is -2.30. The topological polar surface area (TPSA) is 30.5 Å². The molecule has 0 spiro atoms. The molecule has 2 atom stereocenters. The molecule has 0 unspecified atom stereocenters. The van der Waals surface area contributed by atoms with E-state index in [1.165, 1.54) is 12.8 Å². The first kappa shape index (κ1) is 12.2. The molecule has 0 fully saturated rings. The zero-order valence-corrected chi connectivity index (χ0v) is 10.6. The Kier molecular flexibility index (Phi) is 4.26. The molecule has 1 aliphatic heterocycles. The molecule has 94 valence electrons. The van der Waals surface area contributed by atoms with Gasteiger partial charge in [-0.25, -0.2) is 0 Å². The Morgan fingerprint density at radius 2 is 2.12 bits per heavy atom. The van der Waals surface area contributed by atoms with E-state index in [1.807, 2.05) is 24.3 Å². The van der Waals surface area contributed by atoms with Gasteiger partial charge in [0.1, 0.15) is 12.7 Å². The van der Waals surface area contributed by atoms with Crippen LogP contribution in [0.4, 0.5) is 0 Å². The van der Waals surface area contributed by atoms with Gasteiger partial charge in [-0.15, -0.1) is 0 Å². The molecule has 0 saturated heterocycles. The maximum absolute atomic E-state index is 5.94. The van der Waals surface area contributed by atoms with Crippen LogP contribution in [0.25, 0.3) is 0 Å². The lowest BCUT2D eigenvalue weighted by Crippen LogP contribution is -2.46. The van der Waals surface area contributed by atoms with Crippen LogP contribution in [0.3, 0.4) is 0 Å². The average Bonchev–Trinajstić information content (AvgIpc) is 2.38. The van der Waals surface area contributed by atoms with E-state index in [-0.39, 0.29) is 6.10 Å². The lowest BCUT2D eigenvalue weighted by molar-refractivity contribution is 0.0667. The molecular weight excluding hydrogens is 214 g/mol. The third-order valence-corrected chi connectivity index (χ3v) is 3.08. The maximum Gasteiger partial charge on any atom is 0.161 e. The summed E-state index contributed by atoms with van der Waals surface area (Å²) in [5.74, 6) is 1.71. The first-order valence-corrected chi connectivity index (χ1v) is 6.43. The van der Waals surface area contributed by atoms with Gasteiger partial charge in [0, 0.05) is 6.04 Å². The summed E-state index contributed by atoms with van der Waals surface area (Å²) in [4.78, 5) is 0. The van der Waals surface area contributed by atoms with E-state index >= 15 is 0 Å². The molecule has 0 bridgehead atoms. The van der Waals surface area contributed by atoms with Crippen molar-refractivity contribution in [1.82, 2.24) is 5.32 Å². The van der Waals surface area contributed by atoms with Crippen molar-refractivity contribution in [2.45, 2.75) is 38.8 Å². The van der Waals surface area contributed by atoms with E-state index in [4.69, 9.17) is 9.47 Å². The summed E-state index contributed by atoms with van der Waals surface area (Å²) in [6.07, 6.45) is 2.51. The van der Waals surface area contributed by atoms with Crippen molar-refractivity contribution < 1.29 is 9.47 Å². The number of ether oxygens (including phenoxy) is 2. The highest BCUT2D eigenvalue weighted by Gasteiger charge is 2.25. The second-order valence-electron chi connectivity index (χ2n) is 4.51. The van der Waals surface area contributed by atoms with E-state index in [0.29, 0.717) is 12.6 Å². The Balaban J connectivity index is 1.88. The van der Waals surface area contributed by atoms with Crippen LogP contribution in [0.1, 0.15) is 26.7 Å². The van der Waals surface area contributed by atoms with Crippen molar-refractivity contribution in [2.24, 2.45) is 0 Å². The van der Waals surface area contributed by atoms with Crippen molar-refractivity contribution in [1.29, 1.82) is 0 Å². The standard InChI is InChI=1S/C14H21NO2/c1-3-4-9-15-11(2)14-10-16-12-7-5-6-8-13(12)17-14/h5-8,11,14-15H,3-4,9-10H2,1-2H3/t11-,14+/m1/s1. The van der Waals surface area contributed by atoms with Gasteiger partial charge in [0.25, 0.3) is 0 Å². The zero-order valence-electron chi connectivity index (χ0n) is 10.6. The minimum Gasteiger partial charge on any atom is -0.486 e. The molecule has 1 aliphatic rings. The summed E-state index contributed by atoms with van der Waals surface area (Å²) in [7, 11) is 0. The maximum atomic E-state index is 5.94. The summed E-state index contributed by atoms with van der Waals surface area (Å²) < 4.78 is 11.6. The van der Waals surface area contributed by atoms with Crippen LogP contribution < -0.4 is 14.8 Å². The summed E-state index contributed by atoms with van der Waals surface area (Å²) in [6, 6.07) is 8.15. The SMILES string of the molecule is CCCCN[C@H](C)[C@@H]1COc2ccccc2O1. The van der Waals surface area contributed by atoms with Crippen molar-refractivity contribution in [3.8, 4) is 11.5 Å². The summed E-state index contributed by atoms with van der Waals surface area (Å²) in [6.45, 7) is 6.01. The molecule has 3 heteroatoms. The average molecular weight is 235 g/mol. The molecular formula is C14H21NO2. The molecule has 1 heterocycles. The molecule has 0 aromatic heterocycles. The highest BCUT2D eigenvalue weighted by Crippen LogP contribution is 2.31. The molecule has 1 aromatic rings. The number of fused-ring (bicyclic) bond motifs is 1.